The number of rotatable bonds is 3. The van der Waals surface area contributed by atoms with Gasteiger partial charge in [0, 0.05) is 18.1 Å². The highest BCUT2D eigenvalue weighted by molar-refractivity contribution is 4.89. The number of nitrogens with zero attached hydrogens (tertiary/aromatic N) is 1. The summed E-state index contributed by atoms with van der Waals surface area (Å²) >= 11 is 0. The SMILES string of the molecule is C[C@@H](CO)NC1CCN2CCCC2C1. The maximum atomic E-state index is 8.98. The summed E-state index contributed by atoms with van der Waals surface area (Å²) in [5, 5.41) is 12.5. The van der Waals surface area contributed by atoms with Crippen LogP contribution < -0.4 is 5.32 Å². The van der Waals surface area contributed by atoms with Gasteiger partial charge in [-0.15, -0.1) is 0 Å². The zero-order valence-electron chi connectivity index (χ0n) is 9.08. The van der Waals surface area contributed by atoms with Crippen LogP contribution in [0, 0.1) is 0 Å². The molecule has 14 heavy (non-hydrogen) atoms. The smallest absolute Gasteiger partial charge is 0.0582 e. The van der Waals surface area contributed by atoms with Crippen molar-refractivity contribution in [2.75, 3.05) is 19.7 Å². The van der Waals surface area contributed by atoms with Gasteiger partial charge < -0.3 is 15.3 Å². The second-order valence-corrected chi connectivity index (χ2v) is 4.80. The lowest BCUT2D eigenvalue weighted by atomic mass is 9.97. The molecule has 0 amide bonds. The first-order valence-corrected chi connectivity index (χ1v) is 5.90. The quantitative estimate of drug-likeness (QED) is 0.696. The molecule has 0 spiro atoms. The molecule has 3 atom stereocenters. The maximum absolute atomic E-state index is 8.98. The molecule has 2 aliphatic heterocycles. The lowest BCUT2D eigenvalue weighted by molar-refractivity contribution is 0.151. The molecule has 2 saturated heterocycles. The van der Waals surface area contributed by atoms with Crippen LogP contribution in [-0.2, 0) is 0 Å². The second kappa shape index (κ2) is 4.60. The average molecular weight is 198 g/mol. The molecule has 2 fully saturated rings. The predicted octanol–water partition coefficient (Wildman–Crippen LogP) is 0.584. The molecule has 3 nitrogen and oxygen atoms in total. The van der Waals surface area contributed by atoms with Crippen molar-refractivity contribution in [2.24, 2.45) is 0 Å². The molecule has 2 N–H and O–H groups in total. The molecule has 0 saturated carbocycles. The van der Waals surface area contributed by atoms with Gasteiger partial charge in [-0.3, -0.25) is 0 Å². The number of hydrogen-bond acceptors (Lipinski definition) is 3. The lowest BCUT2D eigenvalue weighted by Gasteiger charge is -2.36. The highest BCUT2D eigenvalue weighted by atomic mass is 16.3. The van der Waals surface area contributed by atoms with Crippen molar-refractivity contribution < 1.29 is 5.11 Å². The first-order chi connectivity index (χ1) is 6.79. The topological polar surface area (TPSA) is 35.5 Å². The van der Waals surface area contributed by atoms with E-state index < -0.39 is 0 Å². The normalized spacial score (nSPS) is 35.6. The van der Waals surface area contributed by atoms with Crippen molar-refractivity contribution in [2.45, 2.75) is 50.7 Å². The highest BCUT2D eigenvalue weighted by Gasteiger charge is 2.31. The van der Waals surface area contributed by atoms with Crippen LogP contribution in [0.15, 0.2) is 0 Å². The van der Waals surface area contributed by atoms with E-state index in [2.05, 4.69) is 17.1 Å². The Balaban J connectivity index is 1.79. The van der Waals surface area contributed by atoms with E-state index in [0.29, 0.717) is 6.04 Å². The molecule has 0 radical (unpaired) electrons. The molecular formula is C11H22N2O. The lowest BCUT2D eigenvalue weighted by Crippen LogP contribution is -2.48. The Kier molecular flexibility index (Phi) is 3.42. The number of nitrogens with one attached hydrogen (secondary N) is 1. The van der Waals surface area contributed by atoms with Crippen molar-refractivity contribution in [3.05, 3.63) is 0 Å². The summed E-state index contributed by atoms with van der Waals surface area (Å²) in [7, 11) is 0. The van der Waals surface area contributed by atoms with Crippen LogP contribution in [0.3, 0.4) is 0 Å². The van der Waals surface area contributed by atoms with E-state index in [-0.39, 0.29) is 12.6 Å². The Morgan fingerprint density at radius 3 is 3.07 bits per heavy atom. The van der Waals surface area contributed by atoms with Gasteiger partial charge in [0.25, 0.3) is 0 Å². The van der Waals surface area contributed by atoms with Crippen LogP contribution in [0.4, 0.5) is 0 Å². The summed E-state index contributed by atoms with van der Waals surface area (Å²) in [6, 6.07) is 1.72. The average Bonchev–Trinajstić information content (AvgIpc) is 2.64. The molecule has 82 valence electrons. The molecule has 0 bridgehead atoms. The zero-order chi connectivity index (χ0) is 9.97. The number of piperidine rings is 1. The predicted molar refractivity (Wildman–Crippen MR) is 57.3 cm³/mol. The van der Waals surface area contributed by atoms with Crippen molar-refractivity contribution in [1.82, 2.24) is 10.2 Å². The molecule has 3 heteroatoms. The Morgan fingerprint density at radius 1 is 1.43 bits per heavy atom. The number of aliphatic hydroxyl groups is 1. The fourth-order valence-corrected chi connectivity index (χ4v) is 2.83. The third kappa shape index (κ3) is 2.27. The molecule has 2 rings (SSSR count). The summed E-state index contributed by atoms with van der Waals surface area (Å²) < 4.78 is 0. The van der Waals surface area contributed by atoms with E-state index in [9.17, 15) is 0 Å². The van der Waals surface area contributed by atoms with Crippen molar-refractivity contribution in [1.29, 1.82) is 0 Å². The van der Waals surface area contributed by atoms with Crippen molar-refractivity contribution in [3.63, 3.8) is 0 Å². The highest BCUT2D eigenvalue weighted by Crippen LogP contribution is 2.26. The minimum Gasteiger partial charge on any atom is -0.395 e. The van der Waals surface area contributed by atoms with Crippen molar-refractivity contribution >= 4 is 0 Å². The fourth-order valence-electron chi connectivity index (χ4n) is 2.83. The summed E-state index contributed by atoms with van der Waals surface area (Å²) in [6.45, 7) is 4.87. The van der Waals surface area contributed by atoms with Gasteiger partial charge in [-0.05, 0) is 45.7 Å². The molecule has 0 aromatic carbocycles. The van der Waals surface area contributed by atoms with E-state index in [0.717, 1.165) is 6.04 Å². The van der Waals surface area contributed by atoms with E-state index in [1.807, 2.05) is 0 Å². The van der Waals surface area contributed by atoms with Crippen LogP contribution in [0.2, 0.25) is 0 Å². The fraction of sp³-hybridized carbons (Fsp3) is 1.00. The second-order valence-electron chi connectivity index (χ2n) is 4.80. The van der Waals surface area contributed by atoms with Gasteiger partial charge in [0.05, 0.1) is 6.61 Å². The van der Waals surface area contributed by atoms with Gasteiger partial charge >= 0.3 is 0 Å². The summed E-state index contributed by atoms with van der Waals surface area (Å²) in [5.74, 6) is 0. The first-order valence-electron chi connectivity index (χ1n) is 5.90. The Labute approximate surface area is 86.5 Å². The van der Waals surface area contributed by atoms with E-state index >= 15 is 0 Å². The Bertz CT molecular complexity index is 186. The van der Waals surface area contributed by atoms with Gasteiger partial charge in [0.1, 0.15) is 0 Å². The Morgan fingerprint density at radius 2 is 2.29 bits per heavy atom. The molecule has 2 heterocycles. The van der Waals surface area contributed by atoms with Crippen LogP contribution in [0.5, 0.6) is 0 Å². The zero-order valence-corrected chi connectivity index (χ0v) is 9.08. The molecule has 2 unspecified atom stereocenters. The first kappa shape index (κ1) is 10.4. The molecule has 0 aromatic rings. The maximum Gasteiger partial charge on any atom is 0.0582 e. The molecule has 2 aliphatic rings. The van der Waals surface area contributed by atoms with Gasteiger partial charge in [-0.25, -0.2) is 0 Å². The number of hydrogen-bond donors (Lipinski definition) is 2. The minimum atomic E-state index is 0.255. The summed E-state index contributed by atoms with van der Waals surface area (Å²) in [4.78, 5) is 2.63. The molecular weight excluding hydrogens is 176 g/mol. The summed E-state index contributed by atoms with van der Waals surface area (Å²) in [5.41, 5.74) is 0. The van der Waals surface area contributed by atoms with E-state index in [1.54, 1.807) is 0 Å². The van der Waals surface area contributed by atoms with E-state index in [1.165, 1.54) is 38.8 Å². The number of aliphatic hydroxyl groups excluding tert-OH is 1. The largest absolute Gasteiger partial charge is 0.395 e. The van der Waals surface area contributed by atoms with Crippen LogP contribution >= 0.6 is 0 Å². The van der Waals surface area contributed by atoms with Gasteiger partial charge in [-0.2, -0.15) is 0 Å². The monoisotopic (exact) mass is 198 g/mol. The van der Waals surface area contributed by atoms with Gasteiger partial charge in [-0.1, -0.05) is 0 Å². The van der Waals surface area contributed by atoms with Gasteiger partial charge in [0.2, 0.25) is 0 Å². The van der Waals surface area contributed by atoms with Crippen LogP contribution in [0.25, 0.3) is 0 Å². The van der Waals surface area contributed by atoms with E-state index in [4.69, 9.17) is 5.11 Å². The third-order valence-corrected chi connectivity index (χ3v) is 3.61. The van der Waals surface area contributed by atoms with Gasteiger partial charge in [0.15, 0.2) is 0 Å². The molecule has 0 aromatic heterocycles. The number of fused-ring (bicyclic) bond motifs is 1. The van der Waals surface area contributed by atoms with Crippen LogP contribution in [-0.4, -0.2) is 47.8 Å². The minimum absolute atomic E-state index is 0.255. The van der Waals surface area contributed by atoms with Crippen LogP contribution in [0.1, 0.15) is 32.6 Å². The summed E-state index contributed by atoms with van der Waals surface area (Å²) in [6.07, 6.45) is 5.30. The standard InChI is InChI=1S/C11H22N2O/c1-9(8-14)12-10-4-6-13-5-2-3-11(13)7-10/h9-12,14H,2-8H2,1H3/t9-,10?,11?/m0/s1. The Hall–Kier alpha value is -0.120. The molecule has 0 aliphatic carbocycles. The van der Waals surface area contributed by atoms with Crippen molar-refractivity contribution in [3.8, 4) is 0 Å². The third-order valence-electron chi connectivity index (χ3n) is 3.61.